The Morgan fingerprint density at radius 3 is 1.32 bits per heavy atom. The van der Waals surface area contributed by atoms with Crippen molar-refractivity contribution in [2.45, 2.75) is 105 Å². The number of anilines is 3. The molecule has 0 aliphatic heterocycles. The normalized spacial score (nSPS) is 12.7. The second kappa shape index (κ2) is 17.8. The van der Waals surface area contributed by atoms with E-state index in [4.69, 9.17) is 0 Å². The smallest absolute Gasteiger partial charge is 0.0541 e. The SMILES string of the molecule is CC(C)(C)c1cc(-c2ccc(-c3ccc(N(c4ccccc4-c4ccccc4)c4ccc5ccc6c(-n7c8ccc(C(C)(C)C)cc8c8cc(C(C)(C)C)ccc87)ccc7ccc4c5c76)cc3)cc2)cc(C(C)(C)C)c1. The molecule has 76 heavy (non-hydrogen) atoms. The first-order valence-corrected chi connectivity index (χ1v) is 27.3. The molecule has 2 heteroatoms. The number of fused-ring (bicyclic) bond motifs is 3. The standard InChI is InChI=1S/C74H70N2/c1-71(2,3)54-32-40-67-62(45-54)63-46-55(72(4,5)6)33-41-68(63)76(67)66-39-31-52-28-36-60-65(38-30-51-29-37-61(66)70(52)69(51)60)75(64-21-17-16-20-59(64)50-18-14-13-15-19-50)58-34-26-48(27-35-58)47-22-24-49(25-23-47)53-42-56(73(7,8)9)44-57(43-53)74(10,11)12/h13-46H,1-12H3. The van der Waals surface area contributed by atoms with Gasteiger partial charge in [0.2, 0.25) is 0 Å². The minimum absolute atomic E-state index is 0.0238. The Hall–Kier alpha value is -7.94. The van der Waals surface area contributed by atoms with Crippen LogP contribution in [0.2, 0.25) is 0 Å². The van der Waals surface area contributed by atoms with E-state index in [1.54, 1.807) is 0 Å². The fourth-order valence-electron chi connectivity index (χ4n) is 11.6. The fraction of sp³-hybridized carbons (Fsp3) is 0.216. The van der Waals surface area contributed by atoms with Crippen LogP contribution in [0.3, 0.4) is 0 Å². The summed E-state index contributed by atoms with van der Waals surface area (Å²) in [6.07, 6.45) is 0. The maximum Gasteiger partial charge on any atom is 0.0541 e. The Labute approximate surface area is 450 Å². The first-order chi connectivity index (χ1) is 36.2. The highest BCUT2D eigenvalue weighted by atomic mass is 15.1. The molecule has 1 aromatic heterocycles. The Bertz CT molecular complexity index is 4060. The molecule has 11 aromatic carbocycles. The topological polar surface area (TPSA) is 8.17 Å². The van der Waals surface area contributed by atoms with Crippen LogP contribution in [0, 0.1) is 0 Å². The van der Waals surface area contributed by atoms with Crippen LogP contribution in [0.25, 0.3) is 93.2 Å². The molecule has 1 heterocycles. The molecule has 0 N–H and O–H groups in total. The first-order valence-electron chi connectivity index (χ1n) is 27.3. The Morgan fingerprint density at radius 1 is 0.303 bits per heavy atom. The number of nitrogens with zero attached hydrogens (tertiary/aromatic N) is 2. The van der Waals surface area contributed by atoms with Crippen molar-refractivity contribution in [3.63, 3.8) is 0 Å². The highest BCUT2D eigenvalue weighted by molar-refractivity contribution is 6.27. The molecule has 0 unspecified atom stereocenters. The van der Waals surface area contributed by atoms with Gasteiger partial charge in [-0.2, -0.15) is 0 Å². The van der Waals surface area contributed by atoms with Crippen molar-refractivity contribution in [2.24, 2.45) is 0 Å². The van der Waals surface area contributed by atoms with Crippen molar-refractivity contribution >= 4 is 71.2 Å². The first kappa shape index (κ1) is 49.0. The highest BCUT2D eigenvalue weighted by Crippen LogP contribution is 2.48. The lowest BCUT2D eigenvalue weighted by Gasteiger charge is -2.30. The fourth-order valence-corrected chi connectivity index (χ4v) is 11.6. The quantitative estimate of drug-likeness (QED) is 0.145. The van der Waals surface area contributed by atoms with E-state index >= 15 is 0 Å². The van der Waals surface area contributed by atoms with Gasteiger partial charge in [-0.15, -0.1) is 0 Å². The number of rotatable bonds is 7. The van der Waals surface area contributed by atoms with Gasteiger partial charge in [0.25, 0.3) is 0 Å². The number of para-hydroxylation sites is 1. The van der Waals surface area contributed by atoms with Crippen LogP contribution in [0.15, 0.2) is 206 Å². The van der Waals surface area contributed by atoms with Crippen molar-refractivity contribution in [2.75, 3.05) is 4.90 Å². The van der Waals surface area contributed by atoms with Crippen LogP contribution >= 0.6 is 0 Å². The molecule has 2 nitrogen and oxygen atoms in total. The summed E-state index contributed by atoms with van der Waals surface area (Å²) in [5.74, 6) is 0. The number of benzene rings is 11. The van der Waals surface area contributed by atoms with E-state index in [9.17, 15) is 0 Å². The molecule has 376 valence electrons. The van der Waals surface area contributed by atoms with Crippen LogP contribution in [0.4, 0.5) is 17.1 Å². The third-order valence-electron chi connectivity index (χ3n) is 16.2. The molecule has 0 saturated heterocycles. The largest absolute Gasteiger partial charge is 0.309 e. The number of hydrogen-bond acceptors (Lipinski definition) is 1. The van der Waals surface area contributed by atoms with Crippen LogP contribution in [0.1, 0.15) is 105 Å². The zero-order chi connectivity index (χ0) is 53.1. The minimum atomic E-state index is 0.0238. The van der Waals surface area contributed by atoms with Crippen LogP contribution in [-0.2, 0) is 21.7 Å². The van der Waals surface area contributed by atoms with Crippen molar-refractivity contribution in [1.29, 1.82) is 0 Å². The van der Waals surface area contributed by atoms with E-state index in [0.717, 1.165) is 17.1 Å². The van der Waals surface area contributed by atoms with Crippen molar-refractivity contribution in [3.05, 3.63) is 229 Å². The molecule has 0 amide bonds. The average Bonchev–Trinajstić information content (AvgIpc) is 3.94. The summed E-state index contributed by atoms with van der Waals surface area (Å²) in [4.78, 5) is 2.49. The predicted molar refractivity (Wildman–Crippen MR) is 330 cm³/mol. The summed E-state index contributed by atoms with van der Waals surface area (Å²) >= 11 is 0. The molecule has 0 atom stereocenters. The van der Waals surface area contributed by atoms with E-state index in [0.29, 0.717) is 0 Å². The predicted octanol–water partition coefficient (Wildman–Crippen LogP) is 21.3. The van der Waals surface area contributed by atoms with Gasteiger partial charge >= 0.3 is 0 Å². The van der Waals surface area contributed by atoms with Crippen molar-refractivity contribution in [1.82, 2.24) is 4.57 Å². The molecule has 0 bridgehead atoms. The summed E-state index contributed by atoms with van der Waals surface area (Å²) in [6, 6.07) is 78.3. The van der Waals surface area contributed by atoms with Crippen LogP contribution < -0.4 is 4.90 Å². The van der Waals surface area contributed by atoms with E-state index in [-0.39, 0.29) is 21.7 Å². The van der Waals surface area contributed by atoms with E-state index in [1.165, 1.54) is 115 Å². The highest BCUT2D eigenvalue weighted by Gasteiger charge is 2.26. The molecule has 0 aliphatic carbocycles. The van der Waals surface area contributed by atoms with Gasteiger partial charge in [-0.25, -0.2) is 0 Å². The minimum Gasteiger partial charge on any atom is -0.309 e. The Kier molecular flexibility index (Phi) is 11.5. The second-order valence-electron chi connectivity index (χ2n) is 25.5. The second-order valence-corrected chi connectivity index (χ2v) is 25.5. The van der Waals surface area contributed by atoms with E-state index < -0.39 is 0 Å². The molecule has 0 fully saturated rings. The lowest BCUT2D eigenvalue weighted by atomic mass is 9.79. The van der Waals surface area contributed by atoms with Gasteiger partial charge in [0, 0.05) is 32.8 Å². The summed E-state index contributed by atoms with van der Waals surface area (Å²) in [6.45, 7) is 27.7. The molecule has 0 saturated carbocycles. The molecular formula is C74H70N2. The molecule has 0 spiro atoms. The van der Waals surface area contributed by atoms with Crippen LogP contribution in [0.5, 0.6) is 0 Å². The molecule has 0 radical (unpaired) electrons. The summed E-state index contributed by atoms with van der Waals surface area (Å²) < 4.78 is 2.53. The van der Waals surface area contributed by atoms with Crippen LogP contribution in [-0.4, -0.2) is 4.57 Å². The lowest BCUT2D eigenvalue weighted by Crippen LogP contribution is -2.16. The monoisotopic (exact) mass is 987 g/mol. The summed E-state index contributed by atoms with van der Waals surface area (Å²) in [7, 11) is 0. The third-order valence-corrected chi connectivity index (χ3v) is 16.2. The van der Waals surface area contributed by atoms with E-state index in [2.05, 4.69) is 299 Å². The van der Waals surface area contributed by atoms with Gasteiger partial charge in [0.05, 0.1) is 28.1 Å². The summed E-state index contributed by atoms with van der Waals surface area (Å²) in [5.41, 5.74) is 19.8. The van der Waals surface area contributed by atoms with Gasteiger partial charge in [-0.05, 0) is 148 Å². The maximum atomic E-state index is 2.53. The number of hydrogen-bond donors (Lipinski definition) is 0. The third kappa shape index (κ3) is 8.53. The van der Waals surface area contributed by atoms with Gasteiger partial charge < -0.3 is 9.47 Å². The molecule has 12 rings (SSSR count). The van der Waals surface area contributed by atoms with Gasteiger partial charge in [0.15, 0.2) is 0 Å². The molecule has 0 aliphatic rings. The van der Waals surface area contributed by atoms with E-state index in [1.807, 2.05) is 0 Å². The van der Waals surface area contributed by atoms with Gasteiger partial charge in [0.1, 0.15) is 0 Å². The zero-order valence-electron chi connectivity index (χ0n) is 46.5. The molecular weight excluding hydrogens is 917 g/mol. The summed E-state index contributed by atoms with van der Waals surface area (Å²) in [5, 5.41) is 10.1. The van der Waals surface area contributed by atoms with Gasteiger partial charge in [-0.3, -0.25) is 0 Å². The Morgan fingerprint density at radius 2 is 0.763 bits per heavy atom. The molecule has 12 aromatic rings. The average molecular weight is 987 g/mol. The van der Waals surface area contributed by atoms with Crippen molar-refractivity contribution < 1.29 is 0 Å². The van der Waals surface area contributed by atoms with Gasteiger partial charge in [-0.1, -0.05) is 235 Å². The Balaban J connectivity index is 1.02. The lowest BCUT2D eigenvalue weighted by molar-refractivity contribution is 0.569. The maximum absolute atomic E-state index is 2.53. The number of aromatic nitrogens is 1. The zero-order valence-corrected chi connectivity index (χ0v) is 46.5. The van der Waals surface area contributed by atoms with Crippen molar-refractivity contribution in [3.8, 4) is 39.1 Å².